The fourth-order valence-electron chi connectivity index (χ4n) is 2.06. The van der Waals surface area contributed by atoms with Gasteiger partial charge in [0.15, 0.2) is 0 Å². The number of thiophene rings is 1. The van der Waals surface area contributed by atoms with E-state index < -0.39 is 5.60 Å². The Morgan fingerprint density at radius 3 is 2.64 bits per heavy atom. The molecule has 0 amide bonds. The first kappa shape index (κ1) is 16.8. The van der Waals surface area contributed by atoms with Crippen molar-refractivity contribution < 1.29 is 9.63 Å². The Balaban J connectivity index is 1.99. The van der Waals surface area contributed by atoms with Gasteiger partial charge < -0.3 is 9.63 Å². The van der Waals surface area contributed by atoms with Crippen LogP contribution in [-0.4, -0.2) is 27.8 Å². The van der Waals surface area contributed by atoms with Crippen molar-refractivity contribution in [2.24, 2.45) is 0 Å². The standard InChI is InChI=1S/C17H22N2O2S/c1-12-16(13(2)21-18-12)11-19(5)10-15-7-6-14(22-15)8-9-17(3,4)20/h6-7,20H,10-11H2,1-5H3. The maximum atomic E-state index is 9.63. The molecule has 2 rings (SSSR count). The minimum atomic E-state index is -0.954. The van der Waals surface area contributed by atoms with Gasteiger partial charge in [-0.25, -0.2) is 0 Å². The molecule has 0 aromatic carbocycles. The molecule has 0 radical (unpaired) electrons. The summed E-state index contributed by atoms with van der Waals surface area (Å²) < 4.78 is 5.20. The Morgan fingerprint density at radius 1 is 1.32 bits per heavy atom. The van der Waals surface area contributed by atoms with Crippen LogP contribution in [0.2, 0.25) is 0 Å². The van der Waals surface area contributed by atoms with Gasteiger partial charge in [0.25, 0.3) is 0 Å². The molecule has 0 unspecified atom stereocenters. The van der Waals surface area contributed by atoms with Gasteiger partial charge in [0.1, 0.15) is 11.4 Å². The van der Waals surface area contributed by atoms with Crippen molar-refractivity contribution in [1.82, 2.24) is 10.1 Å². The minimum absolute atomic E-state index is 0.809. The van der Waals surface area contributed by atoms with Crippen LogP contribution in [0.25, 0.3) is 0 Å². The van der Waals surface area contributed by atoms with Gasteiger partial charge in [-0.05, 0) is 46.9 Å². The maximum absolute atomic E-state index is 9.63. The molecule has 4 nitrogen and oxygen atoms in total. The van der Waals surface area contributed by atoms with Gasteiger partial charge in [-0.15, -0.1) is 11.3 Å². The van der Waals surface area contributed by atoms with Crippen LogP contribution in [0.1, 0.15) is 40.6 Å². The third-order valence-corrected chi connectivity index (χ3v) is 4.17. The highest BCUT2D eigenvalue weighted by molar-refractivity contribution is 7.12. The molecule has 0 aliphatic carbocycles. The summed E-state index contributed by atoms with van der Waals surface area (Å²) in [6, 6.07) is 4.09. The summed E-state index contributed by atoms with van der Waals surface area (Å²) in [5, 5.41) is 13.6. The molecule has 0 atom stereocenters. The second kappa shape index (κ2) is 6.66. The van der Waals surface area contributed by atoms with E-state index in [2.05, 4.69) is 35.0 Å². The second-order valence-corrected chi connectivity index (χ2v) is 7.22. The predicted molar refractivity (Wildman–Crippen MR) is 88.6 cm³/mol. The van der Waals surface area contributed by atoms with E-state index in [1.807, 2.05) is 19.9 Å². The largest absolute Gasteiger partial charge is 0.378 e. The van der Waals surface area contributed by atoms with Crippen LogP contribution >= 0.6 is 11.3 Å². The molecule has 0 aliphatic heterocycles. The van der Waals surface area contributed by atoms with Gasteiger partial charge in [0.2, 0.25) is 0 Å². The SMILES string of the molecule is Cc1noc(C)c1CN(C)Cc1ccc(C#CC(C)(C)O)s1. The summed E-state index contributed by atoms with van der Waals surface area (Å²) in [6.45, 7) is 8.94. The van der Waals surface area contributed by atoms with Crippen molar-refractivity contribution in [3.8, 4) is 11.8 Å². The summed E-state index contributed by atoms with van der Waals surface area (Å²) in [7, 11) is 2.08. The molecule has 0 saturated heterocycles. The van der Waals surface area contributed by atoms with Crippen LogP contribution in [0.5, 0.6) is 0 Å². The molecule has 0 spiro atoms. The van der Waals surface area contributed by atoms with Gasteiger partial charge in [0.05, 0.1) is 10.6 Å². The molecule has 22 heavy (non-hydrogen) atoms. The quantitative estimate of drug-likeness (QED) is 0.880. The molecule has 2 heterocycles. The van der Waals surface area contributed by atoms with E-state index in [4.69, 9.17) is 4.52 Å². The fourth-order valence-corrected chi connectivity index (χ4v) is 3.01. The van der Waals surface area contributed by atoms with E-state index in [1.165, 1.54) is 4.88 Å². The van der Waals surface area contributed by atoms with Crippen molar-refractivity contribution in [3.63, 3.8) is 0 Å². The van der Waals surface area contributed by atoms with E-state index in [1.54, 1.807) is 25.2 Å². The van der Waals surface area contributed by atoms with Gasteiger partial charge in [0, 0.05) is 23.5 Å². The molecule has 0 aliphatic rings. The first-order valence-corrected chi connectivity index (χ1v) is 8.01. The van der Waals surface area contributed by atoms with Crippen LogP contribution in [0, 0.1) is 25.7 Å². The fraction of sp³-hybridized carbons (Fsp3) is 0.471. The second-order valence-electron chi connectivity index (χ2n) is 6.05. The van der Waals surface area contributed by atoms with Gasteiger partial charge in [-0.2, -0.15) is 0 Å². The molecule has 2 aromatic heterocycles. The van der Waals surface area contributed by atoms with E-state index in [-0.39, 0.29) is 0 Å². The highest BCUT2D eigenvalue weighted by Crippen LogP contribution is 2.20. The lowest BCUT2D eigenvalue weighted by atomic mass is 10.1. The Morgan fingerprint density at radius 2 is 2.05 bits per heavy atom. The zero-order valence-electron chi connectivity index (χ0n) is 13.7. The van der Waals surface area contributed by atoms with Crippen molar-refractivity contribution in [3.05, 3.63) is 38.9 Å². The third-order valence-electron chi connectivity index (χ3n) is 3.19. The zero-order valence-corrected chi connectivity index (χ0v) is 14.5. The number of hydrogen-bond acceptors (Lipinski definition) is 5. The van der Waals surface area contributed by atoms with E-state index >= 15 is 0 Å². The van der Waals surface area contributed by atoms with Gasteiger partial charge in [-0.3, -0.25) is 4.90 Å². The monoisotopic (exact) mass is 318 g/mol. The number of rotatable bonds is 4. The minimum Gasteiger partial charge on any atom is -0.378 e. The molecular weight excluding hydrogens is 296 g/mol. The normalized spacial score (nSPS) is 11.6. The lowest BCUT2D eigenvalue weighted by molar-refractivity contribution is 0.143. The first-order chi connectivity index (χ1) is 10.2. The Hall–Kier alpha value is -1.61. The molecule has 118 valence electrons. The van der Waals surface area contributed by atoms with Crippen molar-refractivity contribution in [2.45, 2.75) is 46.4 Å². The average molecular weight is 318 g/mol. The van der Waals surface area contributed by atoms with Crippen LogP contribution in [0.3, 0.4) is 0 Å². The number of hydrogen-bond donors (Lipinski definition) is 1. The van der Waals surface area contributed by atoms with Crippen molar-refractivity contribution in [2.75, 3.05) is 7.05 Å². The van der Waals surface area contributed by atoms with Gasteiger partial charge in [-0.1, -0.05) is 17.0 Å². The van der Waals surface area contributed by atoms with E-state index in [9.17, 15) is 5.11 Å². The highest BCUT2D eigenvalue weighted by atomic mass is 32.1. The van der Waals surface area contributed by atoms with E-state index in [0.717, 1.165) is 35.0 Å². The number of aryl methyl sites for hydroxylation is 2. The molecule has 0 saturated carbocycles. The lowest BCUT2D eigenvalue weighted by Crippen LogP contribution is -2.17. The summed E-state index contributed by atoms with van der Waals surface area (Å²) in [5.41, 5.74) is 1.15. The van der Waals surface area contributed by atoms with Crippen LogP contribution in [0.4, 0.5) is 0 Å². The zero-order chi connectivity index (χ0) is 16.3. The highest BCUT2D eigenvalue weighted by Gasteiger charge is 2.12. The predicted octanol–water partition coefficient (Wildman–Crippen LogP) is 3.11. The first-order valence-electron chi connectivity index (χ1n) is 7.19. The third kappa shape index (κ3) is 4.70. The van der Waals surface area contributed by atoms with Crippen LogP contribution in [-0.2, 0) is 13.1 Å². The maximum Gasteiger partial charge on any atom is 0.138 e. The van der Waals surface area contributed by atoms with Crippen LogP contribution < -0.4 is 0 Å². The Labute approximate surface area is 135 Å². The van der Waals surface area contributed by atoms with Gasteiger partial charge >= 0.3 is 0 Å². The van der Waals surface area contributed by atoms with Crippen molar-refractivity contribution >= 4 is 11.3 Å². The van der Waals surface area contributed by atoms with Crippen LogP contribution in [0.15, 0.2) is 16.7 Å². The molecular formula is C17H22N2O2S. The summed E-state index contributed by atoms with van der Waals surface area (Å²) >= 11 is 1.66. The summed E-state index contributed by atoms with van der Waals surface area (Å²) in [5.74, 6) is 6.74. The number of aromatic nitrogens is 1. The smallest absolute Gasteiger partial charge is 0.138 e. The number of nitrogens with zero attached hydrogens (tertiary/aromatic N) is 2. The molecule has 5 heteroatoms. The Kier molecular flexibility index (Phi) is 5.07. The molecule has 0 bridgehead atoms. The summed E-state index contributed by atoms with van der Waals surface area (Å²) in [4.78, 5) is 4.45. The van der Waals surface area contributed by atoms with E-state index in [0.29, 0.717) is 0 Å². The molecule has 1 N–H and O–H groups in total. The van der Waals surface area contributed by atoms with Crippen molar-refractivity contribution in [1.29, 1.82) is 0 Å². The molecule has 0 fully saturated rings. The Bertz CT molecular complexity index is 679. The lowest BCUT2D eigenvalue weighted by Gasteiger charge is -2.15. The average Bonchev–Trinajstić information content (AvgIpc) is 2.97. The topological polar surface area (TPSA) is 49.5 Å². The summed E-state index contributed by atoms with van der Waals surface area (Å²) in [6.07, 6.45) is 0. The number of aliphatic hydroxyl groups is 1. The molecule has 2 aromatic rings.